The summed E-state index contributed by atoms with van der Waals surface area (Å²) in [6.07, 6.45) is 0. The molecule has 442 valence electrons. The Kier molecular flexibility index (Phi) is 10.2. The fourth-order valence-corrected chi connectivity index (χ4v) is 16.0. The number of para-hydroxylation sites is 5. The van der Waals surface area contributed by atoms with Crippen LogP contribution in [0.15, 0.2) is 321 Å². The molecule has 1 aliphatic carbocycles. The van der Waals surface area contributed by atoms with Gasteiger partial charge in [0.15, 0.2) is 0 Å². The molecule has 14 aromatic carbocycles. The second kappa shape index (κ2) is 20.7. The fourth-order valence-electron chi connectivity index (χ4n) is 16.0. The molecule has 0 unspecified atom stereocenters. The predicted molar refractivity (Wildman–Crippen MR) is 393 cm³/mol. The van der Waals surface area contributed by atoms with Gasteiger partial charge < -0.3 is 19.1 Å². The van der Waals surface area contributed by atoms with Crippen molar-refractivity contribution in [1.29, 1.82) is 0 Å². The molecule has 0 fully saturated rings. The highest BCUT2D eigenvalue weighted by molar-refractivity contribution is 7.00. The van der Waals surface area contributed by atoms with Crippen molar-refractivity contribution >= 4 is 79.0 Å². The third-order valence-electron chi connectivity index (χ3n) is 20.0. The molecule has 1 spiro atoms. The quantitative estimate of drug-likeness (QED) is 0.148. The number of aromatic nitrogens is 1. The first-order valence-electron chi connectivity index (χ1n) is 36.2. The maximum atomic E-state index is 9.82. The summed E-state index contributed by atoms with van der Waals surface area (Å²) in [5.41, 5.74) is 23.2. The summed E-state index contributed by atoms with van der Waals surface area (Å²) < 4.78 is 84.5. The molecule has 0 N–H and O–H groups in total. The summed E-state index contributed by atoms with van der Waals surface area (Å²) in [5.74, 6) is 1.49. The second-order valence-corrected chi connectivity index (χ2v) is 26.0. The van der Waals surface area contributed by atoms with Gasteiger partial charge in [0.25, 0.3) is 6.71 Å². The topological polar surface area (TPSA) is 20.6 Å². The number of nitrogens with zero attached hydrogens (tertiary/aromatic N) is 3. The molecule has 15 aromatic rings. The second-order valence-electron chi connectivity index (χ2n) is 26.0. The minimum absolute atomic E-state index is 0.00711. The summed E-state index contributed by atoms with van der Waals surface area (Å²) >= 11 is 0. The van der Waals surface area contributed by atoms with E-state index in [2.05, 4.69) is 285 Å². The van der Waals surface area contributed by atoms with E-state index in [-0.39, 0.29) is 33.9 Å². The van der Waals surface area contributed by atoms with Gasteiger partial charge in [0.1, 0.15) is 11.5 Å². The van der Waals surface area contributed by atoms with E-state index in [0.717, 1.165) is 145 Å². The van der Waals surface area contributed by atoms with Gasteiger partial charge in [-0.15, -0.1) is 0 Å². The van der Waals surface area contributed by atoms with Crippen molar-refractivity contribution in [3.63, 3.8) is 0 Å². The van der Waals surface area contributed by atoms with Crippen molar-refractivity contribution in [2.75, 3.05) is 9.80 Å². The highest BCUT2D eigenvalue weighted by Gasteiger charge is 2.54. The van der Waals surface area contributed by atoms with Gasteiger partial charge in [0.05, 0.1) is 38.8 Å². The monoisotopic (exact) mass is 1210 g/mol. The lowest BCUT2D eigenvalue weighted by Crippen LogP contribution is -2.62. The van der Waals surface area contributed by atoms with Gasteiger partial charge in [-0.3, -0.25) is 0 Å². The summed E-state index contributed by atoms with van der Waals surface area (Å²) in [7, 11) is 0. The molecule has 4 heterocycles. The van der Waals surface area contributed by atoms with E-state index >= 15 is 0 Å². The van der Waals surface area contributed by atoms with Gasteiger partial charge in [-0.25, -0.2) is 0 Å². The molecule has 94 heavy (non-hydrogen) atoms. The van der Waals surface area contributed by atoms with Gasteiger partial charge in [-0.05, 0) is 114 Å². The third-order valence-corrected chi connectivity index (χ3v) is 20.0. The normalized spacial score (nSPS) is 14.8. The van der Waals surface area contributed by atoms with Gasteiger partial charge >= 0.3 is 0 Å². The number of benzene rings is 14. The van der Waals surface area contributed by atoms with E-state index in [4.69, 9.17) is 7.48 Å². The third kappa shape index (κ3) is 7.82. The number of anilines is 6. The predicted octanol–water partition coefficient (Wildman–Crippen LogP) is 21.3. The molecule has 0 saturated heterocycles. The molecule has 0 radical (unpaired) electrons. The lowest BCUT2D eigenvalue weighted by Gasteiger charge is -2.47. The Morgan fingerprint density at radius 2 is 0.787 bits per heavy atom. The molecule has 1 aromatic heterocycles. The molecular weight excluding hydrogens is 1140 g/mol. The van der Waals surface area contributed by atoms with E-state index < -0.39 is 53.8 Å². The summed E-state index contributed by atoms with van der Waals surface area (Å²) in [4.78, 5) is 4.97. The van der Waals surface area contributed by atoms with Crippen LogP contribution in [0.4, 0.5) is 34.1 Å². The van der Waals surface area contributed by atoms with E-state index in [1.807, 2.05) is 18.2 Å². The standard InChI is InChI=1S/C89H62BN3O/c1-88(2,3)61-52-81-85-82(53-61)93(87-65(59-32-12-6-13-33-59)42-27-43-66(87)60-34-14-7-15-35-60)80-56-84-74(89(73-46-22-25-49-83(73)94-84)71-44-20-16-36-67(71)68-37-17-21-45-72(68)89)55-76(80)90(85)75-51-50-62(91-77-47-23-18-38-69(77)70-39-19-24-48-78(70)91)54-79(75)92(81)86-63(57-28-8-4-9-29-57)40-26-41-64(86)58-30-10-5-11-31-58/h4-56H,1-3H3/i18D,19D,23D,24D,38D,39D,47D,48D. The van der Waals surface area contributed by atoms with Crippen LogP contribution >= 0.6 is 0 Å². The molecule has 5 heteroatoms. The van der Waals surface area contributed by atoms with Gasteiger partial charge in [0, 0.05) is 78.7 Å². The molecular formula is C89H62BN3O. The van der Waals surface area contributed by atoms with Gasteiger partial charge in [-0.2, -0.15) is 0 Å². The molecule has 0 bridgehead atoms. The summed E-state index contributed by atoms with van der Waals surface area (Å²) in [5, 5.41) is 0.0142. The first-order valence-corrected chi connectivity index (χ1v) is 32.2. The van der Waals surface area contributed by atoms with Crippen molar-refractivity contribution in [3.05, 3.63) is 349 Å². The molecule has 3 aliphatic heterocycles. The molecule has 4 aliphatic rings. The number of ether oxygens (including phenoxy) is 1. The lowest BCUT2D eigenvalue weighted by atomic mass is 9.33. The Morgan fingerprint density at radius 3 is 1.28 bits per heavy atom. The van der Waals surface area contributed by atoms with Crippen molar-refractivity contribution < 1.29 is 15.7 Å². The average molecular weight is 1210 g/mol. The largest absolute Gasteiger partial charge is 0.457 e. The fraction of sp³-hybridized carbons (Fsp3) is 0.0562. The summed E-state index contributed by atoms with van der Waals surface area (Å²) in [6.45, 7) is 6.25. The van der Waals surface area contributed by atoms with Crippen LogP contribution in [0, 0.1) is 0 Å². The van der Waals surface area contributed by atoms with E-state index in [1.54, 1.807) is 4.57 Å². The Morgan fingerprint density at radius 1 is 0.362 bits per heavy atom. The zero-order valence-corrected chi connectivity index (χ0v) is 51.8. The van der Waals surface area contributed by atoms with Crippen molar-refractivity contribution in [1.82, 2.24) is 4.57 Å². The zero-order valence-electron chi connectivity index (χ0n) is 59.8. The van der Waals surface area contributed by atoms with E-state index in [9.17, 15) is 8.22 Å². The van der Waals surface area contributed by atoms with Crippen LogP contribution in [-0.4, -0.2) is 11.3 Å². The summed E-state index contributed by atoms with van der Waals surface area (Å²) in [6, 6.07) is 93.9. The van der Waals surface area contributed by atoms with Crippen molar-refractivity contribution in [3.8, 4) is 72.8 Å². The number of hydrogen-bond donors (Lipinski definition) is 0. The van der Waals surface area contributed by atoms with Gasteiger partial charge in [-0.1, -0.05) is 294 Å². The van der Waals surface area contributed by atoms with Crippen molar-refractivity contribution in [2.24, 2.45) is 0 Å². The number of fused-ring (bicyclic) bond motifs is 16. The van der Waals surface area contributed by atoms with Crippen LogP contribution in [-0.2, 0) is 10.8 Å². The first-order chi connectivity index (χ1) is 49.6. The Hall–Kier alpha value is -11.7. The van der Waals surface area contributed by atoms with Crippen LogP contribution in [0.25, 0.3) is 83.1 Å². The Balaban J connectivity index is 1.02. The maximum absolute atomic E-state index is 9.82. The minimum Gasteiger partial charge on any atom is -0.457 e. The lowest BCUT2D eigenvalue weighted by molar-refractivity contribution is 0.437. The van der Waals surface area contributed by atoms with Gasteiger partial charge in [0.2, 0.25) is 0 Å². The zero-order chi connectivity index (χ0) is 69.4. The highest BCUT2D eigenvalue weighted by atomic mass is 16.5. The Bertz CT molecular complexity index is 5860. The van der Waals surface area contributed by atoms with E-state index in [0.29, 0.717) is 5.69 Å². The molecule has 0 amide bonds. The molecule has 0 atom stereocenters. The number of hydrogen-bond acceptors (Lipinski definition) is 3. The van der Waals surface area contributed by atoms with Crippen LogP contribution in [0.2, 0.25) is 0 Å². The molecule has 4 nitrogen and oxygen atoms in total. The van der Waals surface area contributed by atoms with Crippen LogP contribution in [0.1, 0.15) is 59.6 Å². The first kappa shape index (κ1) is 46.4. The minimum atomic E-state index is -0.864. The maximum Gasteiger partial charge on any atom is 0.252 e. The highest BCUT2D eigenvalue weighted by Crippen LogP contribution is 2.63. The SMILES string of the molecule is [2H]c1c([2H])c([2H])c2c(c1[2H])c1c([2H])c([2H])c([2H])c([2H])c1n2-c1ccc2c(c1)N(c1c(-c3ccccc3)cccc1-c1ccccc1)c1cc(C(C)(C)C)cc3c1B2c1cc2c(cc1N3c1c(-c3ccccc3)cccc1-c1ccccc1)Oc1ccccc1C21c2ccccc2-c2ccccc21. The van der Waals surface area contributed by atoms with Crippen molar-refractivity contribution in [2.45, 2.75) is 31.6 Å². The van der Waals surface area contributed by atoms with Crippen LogP contribution in [0.5, 0.6) is 11.5 Å². The van der Waals surface area contributed by atoms with E-state index in [1.165, 1.54) is 0 Å². The molecule has 0 saturated carbocycles. The smallest absolute Gasteiger partial charge is 0.252 e. The Labute approximate surface area is 559 Å². The van der Waals surface area contributed by atoms with Crippen LogP contribution < -0.4 is 30.9 Å². The van der Waals surface area contributed by atoms with Crippen LogP contribution in [0.3, 0.4) is 0 Å². The number of rotatable bonds is 7. The average Bonchev–Trinajstić information content (AvgIpc) is 1.08. The molecule has 19 rings (SSSR count).